The van der Waals surface area contributed by atoms with Crippen molar-refractivity contribution in [1.29, 1.82) is 10.7 Å². The van der Waals surface area contributed by atoms with Crippen molar-refractivity contribution in [2.45, 2.75) is 49.1 Å². The van der Waals surface area contributed by atoms with E-state index in [2.05, 4.69) is 0 Å². The first kappa shape index (κ1) is 24.9. The van der Waals surface area contributed by atoms with E-state index in [0.29, 0.717) is 31.2 Å². The summed E-state index contributed by atoms with van der Waals surface area (Å²) in [5, 5.41) is 27.1. The highest BCUT2D eigenvalue weighted by molar-refractivity contribution is 6.03. The lowest BCUT2D eigenvalue weighted by atomic mass is 9.58. The number of nitriles is 1. The number of Topliss-reactive ketones (excluding diaryl/α,β-unsaturated/α-hetero) is 1. The van der Waals surface area contributed by atoms with Crippen molar-refractivity contribution in [2.75, 3.05) is 6.54 Å². The van der Waals surface area contributed by atoms with Crippen LogP contribution in [0.3, 0.4) is 0 Å². The molecular weight excluding hydrogens is 388 g/mol. The fraction of sp³-hybridized carbons (Fsp3) is 0.450. The van der Waals surface area contributed by atoms with E-state index in [1.54, 1.807) is 0 Å². The molecule has 10 nitrogen and oxygen atoms in total. The Balaban J connectivity index is 3.82. The van der Waals surface area contributed by atoms with Gasteiger partial charge in [-0.15, -0.1) is 0 Å². The third-order valence-corrected chi connectivity index (χ3v) is 5.31. The maximum Gasteiger partial charge on any atom is 0.325 e. The molecule has 0 aliphatic heterocycles. The highest BCUT2D eigenvalue weighted by Crippen LogP contribution is 2.42. The van der Waals surface area contributed by atoms with Crippen molar-refractivity contribution in [3.63, 3.8) is 0 Å². The summed E-state index contributed by atoms with van der Waals surface area (Å²) < 4.78 is 0. The van der Waals surface area contributed by atoms with Crippen molar-refractivity contribution in [3.05, 3.63) is 35.4 Å². The van der Waals surface area contributed by atoms with Crippen LogP contribution in [-0.2, 0) is 19.8 Å². The van der Waals surface area contributed by atoms with Crippen LogP contribution in [0.25, 0.3) is 0 Å². The van der Waals surface area contributed by atoms with Gasteiger partial charge in [-0.3, -0.25) is 15.0 Å². The number of nitrogens with one attached hydrogen (secondary N) is 1. The standard InChI is InChI=1S/C20H28N6O4/c21-10-2-1-8-20(26,18(29)30)19(9-11-22,16(28)15(23)7-12-27)14-5-3-13(4-6-14)17(24)25/h3-6,12,15H,1-2,7-10,21,23,26H2,(H3,24,25)(H,29,30). The number of carboxylic acid groups (broad SMARTS) is 1. The number of aldehydes is 1. The van der Waals surface area contributed by atoms with Gasteiger partial charge in [0.15, 0.2) is 5.78 Å². The molecule has 30 heavy (non-hydrogen) atoms. The zero-order chi connectivity index (χ0) is 22.9. The number of rotatable bonds is 13. The van der Waals surface area contributed by atoms with E-state index in [0.717, 1.165) is 0 Å². The predicted molar refractivity (Wildman–Crippen MR) is 110 cm³/mol. The minimum atomic E-state index is -2.19. The number of benzene rings is 1. The molecule has 0 fully saturated rings. The number of carbonyl (C=O) groups is 3. The van der Waals surface area contributed by atoms with E-state index in [1.165, 1.54) is 24.3 Å². The van der Waals surface area contributed by atoms with Crippen LogP contribution in [0, 0.1) is 16.7 Å². The lowest BCUT2D eigenvalue weighted by Gasteiger charge is -2.45. The third-order valence-electron chi connectivity index (χ3n) is 5.31. The first-order chi connectivity index (χ1) is 14.1. The Morgan fingerprint density at radius 1 is 1.27 bits per heavy atom. The number of carbonyl (C=O) groups excluding carboxylic acids is 2. The fourth-order valence-electron chi connectivity index (χ4n) is 3.60. The van der Waals surface area contributed by atoms with E-state index >= 15 is 0 Å². The molecule has 162 valence electrons. The molecule has 0 heterocycles. The van der Waals surface area contributed by atoms with Gasteiger partial charge in [-0.1, -0.05) is 24.3 Å². The van der Waals surface area contributed by atoms with Gasteiger partial charge in [0.05, 0.1) is 23.9 Å². The summed E-state index contributed by atoms with van der Waals surface area (Å²) in [6.45, 7) is 0.298. The number of aliphatic carboxylic acids is 1. The monoisotopic (exact) mass is 416 g/mol. The quantitative estimate of drug-likeness (QED) is 0.105. The molecule has 0 saturated heterocycles. The summed E-state index contributed by atoms with van der Waals surface area (Å²) >= 11 is 0. The molecule has 10 heteroatoms. The second-order valence-corrected chi connectivity index (χ2v) is 7.13. The summed E-state index contributed by atoms with van der Waals surface area (Å²) in [5.41, 5.74) is 19.5. The molecule has 0 amide bonds. The molecule has 0 aliphatic rings. The van der Waals surface area contributed by atoms with Crippen molar-refractivity contribution >= 4 is 23.9 Å². The van der Waals surface area contributed by atoms with Gasteiger partial charge in [0, 0.05) is 12.0 Å². The Hall–Kier alpha value is -3.13. The number of carboxylic acids is 1. The molecule has 1 aromatic carbocycles. The van der Waals surface area contributed by atoms with Gasteiger partial charge in [0.25, 0.3) is 0 Å². The van der Waals surface area contributed by atoms with Crippen LogP contribution >= 0.6 is 0 Å². The second-order valence-electron chi connectivity index (χ2n) is 7.13. The van der Waals surface area contributed by atoms with Crippen LogP contribution < -0.4 is 22.9 Å². The molecule has 1 rings (SSSR count). The summed E-state index contributed by atoms with van der Waals surface area (Å²) in [6.07, 6.45) is 0.154. The van der Waals surface area contributed by atoms with E-state index in [4.69, 9.17) is 28.3 Å². The summed E-state index contributed by atoms with van der Waals surface area (Å²) in [5.74, 6) is -2.52. The largest absolute Gasteiger partial charge is 0.480 e. The molecule has 1 aromatic rings. The number of hydrogen-bond acceptors (Lipinski definition) is 8. The minimum Gasteiger partial charge on any atom is -0.480 e. The molecule has 0 aliphatic carbocycles. The highest BCUT2D eigenvalue weighted by atomic mass is 16.4. The number of nitrogens with two attached hydrogens (primary N) is 4. The van der Waals surface area contributed by atoms with E-state index in [-0.39, 0.29) is 24.2 Å². The van der Waals surface area contributed by atoms with Crippen LogP contribution in [0.5, 0.6) is 0 Å². The first-order valence-corrected chi connectivity index (χ1v) is 9.40. The van der Waals surface area contributed by atoms with Gasteiger partial charge in [-0.05, 0) is 31.4 Å². The maximum absolute atomic E-state index is 13.5. The topological polar surface area (TPSA) is 223 Å². The molecule has 3 unspecified atom stereocenters. The average molecular weight is 416 g/mol. The van der Waals surface area contributed by atoms with Gasteiger partial charge >= 0.3 is 5.97 Å². The number of nitrogen functional groups attached to an aromatic ring is 1. The molecule has 0 bridgehead atoms. The second kappa shape index (κ2) is 10.6. The lowest BCUT2D eigenvalue weighted by Crippen LogP contribution is -2.69. The Morgan fingerprint density at radius 3 is 2.30 bits per heavy atom. The van der Waals surface area contributed by atoms with Gasteiger partial charge < -0.3 is 32.8 Å². The molecule has 0 aromatic heterocycles. The van der Waals surface area contributed by atoms with Gasteiger partial charge in [0.1, 0.15) is 17.7 Å². The van der Waals surface area contributed by atoms with Crippen molar-refractivity contribution in [1.82, 2.24) is 0 Å². The van der Waals surface area contributed by atoms with Crippen LogP contribution in [0.2, 0.25) is 0 Å². The number of ketones is 1. The Kier molecular flexibility index (Phi) is 8.79. The summed E-state index contributed by atoms with van der Waals surface area (Å²) in [4.78, 5) is 36.8. The molecular formula is C20H28N6O4. The highest BCUT2D eigenvalue weighted by Gasteiger charge is 2.60. The molecule has 3 atom stereocenters. The van der Waals surface area contributed by atoms with Crippen LogP contribution in [-0.4, -0.2) is 47.1 Å². The SMILES string of the molecule is N#CCC(C(=O)C(N)CC=O)(c1ccc(C(=N)N)cc1)C(N)(CCCCN)C(=O)O. The number of nitrogens with zero attached hydrogens (tertiary/aromatic N) is 1. The van der Waals surface area contributed by atoms with Crippen molar-refractivity contribution in [2.24, 2.45) is 22.9 Å². The minimum absolute atomic E-state index is 0.144. The van der Waals surface area contributed by atoms with Crippen LogP contribution in [0.1, 0.15) is 43.2 Å². The zero-order valence-electron chi connectivity index (χ0n) is 16.6. The van der Waals surface area contributed by atoms with E-state index in [9.17, 15) is 24.8 Å². The first-order valence-electron chi connectivity index (χ1n) is 9.40. The van der Waals surface area contributed by atoms with Crippen molar-refractivity contribution in [3.8, 4) is 6.07 Å². The van der Waals surface area contributed by atoms with Crippen LogP contribution in [0.15, 0.2) is 24.3 Å². The molecule has 0 radical (unpaired) electrons. The van der Waals surface area contributed by atoms with Crippen molar-refractivity contribution < 1.29 is 19.5 Å². The van der Waals surface area contributed by atoms with Gasteiger partial charge in [-0.25, -0.2) is 0 Å². The normalized spacial score (nSPS) is 15.8. The summed E-state index contributed by atoms with van der Waals surface area (Å²) in [7, 11) is 0. The smallest absolute Gasteiger partial charge is 0.325 e. The predicted octanol–water partition coefficient (Wildman–Crippen LogP) is -0.481. The lowest BCUT2D eigenvalue weighted by molar-refractivity contribution is -0.151. The Labute approximate surface area is 174 Å². The Bertz CT molecular complexity index is 835. The summed E-state index contributed by atoms with van der Waals surface area (Å²) in [6, 6.07) is 6.22. The van der Waals surface area contributed by atoms with Gasteiger partial charge in [-0.2, -0.15) is 5.26 Å². The fourth-order valence-corrected chi connectivity index (χ4v) is 3.60. The van der Waals surface area contributed by atoms with E-state index < -0.39 is 35.2 Å². The third kappa shape index (κ3) is 4.71. The van der Waals surface area contributed by atoms with Gasteiger partial charge in [0.2, 0.25) is 0 Å². The number of unbranched alkanes of at least 4 members (excludes halogenated alkanes) is 1. The average Bonchev–Trinajstić information content (AvgIpc) is 2.71. The zero-order valence-corrected chi connectivity index (χ0v) is 16.6. The Morgan fingerprint density at radius 2 is 1.87 bits per heavy atom. The number of hydrogen-bond donors (Lipinski definition) is 6. The molecule has 10 N–H and O–H groups in total. The molecule has 0 saturated carbocycles. The maximum atomic E-state index is 13.5. The number of amidine groups is 1. The van der Waals surface area contributed by atoms with E-state index in [1.807, 2.05) is 6.07 Å². The molecule has 0 spiro atoms. The van der Waals surface area contributed by atoms with Crippen LogP contribution in [0.4, 0.5) is 0 Å².